The number of halogens is 1. The number of rotatable bonds is 5. The van der Waals surface area contributed by atoms with Gasteiger partial charge in [-0.1, -0.05) is 29.3 Å². The van der Waals surface area contributed by atoms with Crippen molar-refractivity contribution in [3.8, 4) is 5.75 Å². The molecule has 0 radical (unpaired) electrons. The fourth-order valence-electron chi connectivity index (χ4n) is 5.30. The van der Waals surface area contributed by atoms with Crippen LogP contribution in [0.3, 0.4) is 0 Å². The summed E-state index contributed by atoms with van der Waals surface area (Å²) in [6.07, 6.45) is 1.73. The molecule has 162 valence electrons. The highest BCUT2D eigenvalue weighted by Crippen LogP contribution is 2.56. The number of nitrogens with zero attached hydrogens (tertiary/aromatic N) is 2. The fraction of sp³-hybridized carbons (Fsp3) is 0.591. The van der Waals surface area contributed by atoms with E-state index in [4.69, 9.17) is 9.47 Å². The second-order valence-electron chi connectivity index (χ2n) is 8.32. The van der Waals surface area contributed by atoms with E-state index in [1.807, 2.05) is 25.1 Å². The van der Waals surface area contributed by atoms with Gasteiger partial charge in [-0.05, 0) is 38.5 Å². The van der Waals surface area contributed by atoms with Gasteiger partial charge in [0.25, 0.3) is 0 Å². The van der Waals surface area contributed by atoms with E-state index in [9.17, 15) is 14.4 Å². The Hall–Kier alpha value is -2.09. The van der Waals surface area contributed by atoms with Gasteiger partial charge in [0.15, 0.2) is 0 Å². The third-order valence-electron chi connectivity index (χ3n) is 6.58. The zero-order valence-corrected chi connectivity index (χ0v) is 19.1. The first-order chi connectivity index (χ1) is 14.3. The van der Waals surface area contributed by atoms with Gasteiger partial charge in [-0.3, -0.25) is 14.4 Å². The van der Waals surface area contributed by atoms with Gasteiger partial charge in [0.05, 0.1) is 31.7 Å². The lowest BCUT2D eigenvalue weighted by atomic mass is 9.77. The zero-order chi connectivity index (χ0) is 21.6. The third-order valence-corrected chi connectivity index (χ3v) is 7.07. The minimum Gasteiger partial charge on any atom is -0.493 e. The van der Waals surface area contributed by atoms with E-state index in [-0.39, 0.29) is 37.5 Å². The molecule has 1 aromatic carbocycles. The molecule has 2 fully saturated rings. The molecule has 0 bridgehead atoms. The van der Waals surface area contributed by atoms with Gasteiger partial charge >= 0.3 is 5.97 Å². The lowest BCUT2D eigenvalue weighted by molar-refractivity contribution is -0.170. The van der Waals surface area contributed by atoms with Gasteiger partial charge in [-0.15, -0.1) is 0 Å². The smallest absolute Gasteiger partial charge is 0.312 e. The summed E-state index contributed by atoms with van der Waals surface area (Å²) in [7, 11) is 0. The Morgan fingerprint density at radius 2 is 2.10 bits per heavy atom. The lowest BCUT2D eigenvalue weighted by Gasteiger charge is -2.47. The van der Waals surface area contributed by atoms with Gasteiger partial charge in [0.1, 0.15) is 11.3 Å². The highest BCUT2D eigenvalue weighted by molar-refractivity contribution is 9.10. The summed E-state index contributed by atoms with van der Waals surface area (Å²) >= 11 is 3.50. The van der Waals surface area contributed by atoms with E-state index in [1.54, 1.807) is 23.6 Å². The first-order valence-electron chi connectivity index (χ1n) is 10.5. The molecule has 0 aromatic heterocycles. The summed E-state index contributed by atoms with van der Waals surface area (Å²) < 4.78 is 12.2. The Bertz CT molecular complexity index is 890. The van der Waals surface area contributed by atoms with Crippen LogP contribution < -0.4 is 4.74 Å². The van der Waals surface area contributed by atoms with Crippen LogP contribution in [0.5, 0.6) is 5.75 Å². The van der Waals surface area contributed by atoms with E-state index < -0.39 is 23.5 Å². The number of esters is 1. The van der Waals surface area contributed by atoms with Crippen LogP contribution in [0.4, 0.5) is 0 Å². The number of hydrogen-bond donors (Lipinski definition) is 0. The van der Waals surface area contributed by atoms with Gasteiger partial charge < -0.3 is 19.3 Å². The summed E-state index contributed by atoms with van der Waals surface area (Å²) in [4.78, 5) is 43.5. The predicted octanol–water partition coefficient (Wildman–Crippen LogP) is 2.92. The quantitative estimate of drug-likeness (QED) is 0.608. The highest BCUT2D eigenvalue weighted by Gasteiger charge is 2.68. The molecule has 3 aliphatic rings. The number of carbonyl (C=O) groups excluding carboxylic acids is 3. The number of ether oxygens (including phenoxy) is 2. The maximum absolute atomic E-state index is 13.7. The molecule has 0 spiro atoms. The van der Waals surface area contributed by atoms with Crippen LogP contribution in [0.1, 0.15) is 45.2 Å². The van der Waals surface area contributed by atoms with Crippen LogP contribution in [0.15, 0.2) is 22.7 Å². The van der Waals surface area contributed by atoms with Crippen molar-refractivity contribution >= 4 is 33.7 Å². The molecule has 8 heteroatoms. The molecule has 3 heterocycles. The summed E-state index contributed by atoms with van der Waals surface area (Å²) in [6.45, 7) is 6.53. The number of amides is 2. The average molecular weight is 479 g/mol. The molecule has 7 nitrogen and oxygen atoms in total. The third kappa shape index (κ3) is 3.02. The van der Waals surface area contributed by atoms with Crippen molar-refractivity contribution in [3.63, 3.8) is 0 Å². The molecule has 3 unspecified atom stereocenters. The van der Waals surface area contributed by atoms with E-state index in [0.29, 0.717) is 12.3 Å². The Labute approximate surface area is 184 Å². The maximum atomic E-state index is 13.7. The largest absolute Gasteiger partial charge is 0.493 e. The highest BCUT2D eigenvalue weighted by atomic mass is 79.9. The fourth-order valence-corrected chi connectivity index (χ4v) is 5.68. The van der Waals surface area contributed by atoms with Gasteiger partial charge in [0, 0.05) is 22.5 Å². The maximum Gasteiger partial charge on any atom is 0.312 e. The molecule has 0 aliphatic carbocycles. The molecule has 30 heavy (non-hydrogen) atoms. The topological polar surface area (TPSA) is 76.2 Å². The average Bonchev–Trinajstić information content (AvgIpc) is 3.00. The Balaban J connectivity index is 1.85. The van der Waals surface area contributed by atoms with Crippen molar-refractivity contribution in [2.24, 2.45) is 11.8 Å². The number of piperazine rings is 1. The van der Waals surface area contributed by atoms with E-state index in [1.165, 1.54) is 0 Å². The number of benzene rings is 1. The van der Waals surface area contributed by atoms with Crippen molar-refractivity contribution in [2.75, 3.05) is 26.3 Å². The predicted molar refractivity (Wildman–Crippen MR) is 113 cm³/mol. The normalized spacial score (nSPS) is 29.8. The minimum absolute atomic E-state index is 0.0391. The van der Waals surface area contributed by atoms with Crippen molar-refractivity contribution in [1.29, 1.82) is 0 Å². The molecule has 1 aromatic rings. The molecule has 0 N–H and O–H groups in total. The monoisotopic (exact) mass is 478 g/mol. The van der Waals surface area contributed by atoms with Crippen molar-refractivity contribution in [3.05, 3.63) is 28.2 Å². The number of hydrogen-bond acceptors (Lipinski definition) is 5. The summed E-state index contributed by atoms with van der Waals surface area (Å²) in [5.41, 5.74) is -0.473. The minimum atomic E-state index is -1.29. The van der Waals surface area contributed by atoms with Gasteiger partial charge in [0.2, 0.25) is 11.8 Å². The molecular formula is C22H27BrN2O5. The summed E-state index contributed by atoms with van der Waals surface area (Å²) in [5.74, 6) is -1.22. The molecule has 2 amide bonds. The summed E-state index contributed by atoms with van der Waals surface area (Å²) in [6, 6.07) is 5.25. The SMILES string of the molecule is CCCCN1CC(=O)N2C3c4cc(Br)ccc4OCC3C(C(=O)OCC)[C@]2(C)C1=O. The number of carbonyl (C=O) groups is 3. The molecule has 3 aliphatic heterocycles. The summed E-state index contributed by atoms with van der Waals surface area (Å²) in [5, 5.41) is 0. The second kappa shape index (κ2) is 7.87. The van der Waals surface area contributed by atoms with Crippen LogP contribution in [0, 0.1) is 11.8 Å². The van der Waals surface area contributed by atoms with Crippen LogP contribution >= 0.6 is 15.9 Å². The van der Waals surface area contributed by atoms with E-state index in [2.05, 4.69) is 15.9 Å². The first kappa shape index (κ1) is 21.2. The number of unbranched alkanes of at least 4 members (excludes halogenated alkanes) is 1. The molecule has 4 rings (SSSR count). The molecule has 2 saturated heterocycles. The van der Waals surface area contributed by atoms with E-state index in [0.717, 1.165) is 22.9 Å². The molecule has 4 atom stereocenters. The zero-order valence-electron chi connectivity index (χ0n) is 17.5. The van der Waals surface area contributed by atoms with Crippen molar-refractivity contribution < 1.29 is 23.9 Å². The second-order valence-corrected chi connectivity index (χ2v) is 9.24. The standard InChI is InChI=1S/C22H27BrN2O5/c1-4-6-9-24-11-17(26)25-19-14-10-13(23)7-8-16(14)30-12-15(19)18(20(27)29-5-2)22(25,3)21(24)28/h7-8,10,15,18-19H,4-6,9,11-12H2,1-3H3/t15?,18?,19?,22-/m1/s1. The van der Waals surface area contributed by atoms with Crippen LogP contribution in [-0.2, 0) is 19.1 Å². The molecular weight excluding hydrogens is 452 g/mol. The van der Waals surface area contributed by atoms with Gasteiger partial charge in [-0.2, -0.15) is 0 Å². The van der Waals surface area contributed by atoms with Gasteiger partial charge in [-0.25, -0.2) is 0 Å². The van der Waals surface area contributed by atoms with Crippen LogP contribution in [0.25, 0.3) is 0 Å². The lowest BCUT2D eigenvalue weighted by Crippen LogP contribution is -2.67. The number of fused-ring (bicyclic) bond motifs is 5. The Morgan fingerprint density at radius 3 is 2.80 bits per heavy atom. The Morgan fingerprint density at radius 1 is 1.33 bits per heavy atom. The van der Waals surface area contributed by atoms with Crippen molar-refractivity contribution in [1.82, 2.24) is 9.80 Å². The first-order valence-corrected chi connectivity index (χ1v) is 11.3. The van der Waals surface area contributed by atoms with Crippen molar-refractivity contribution in [2.45, 2.75) is 45.2 Å². The van der Waals surface area contributed by atoms with Crippen LogP contribution in [-0.4, -0.2) is 59.4 Å². The Kier molecular flexibility index (Phi) is 5.55. The molecule has 0 saturated carbocycles. The van der Waals surface area contributed by atoms with Crippen LogP contribution in [0.2, 0.25) is 0 Å². The van der Waals surface area contributed by atoms with E-state index >= 15 is 0 Å².